The first-order valence-electron chi connectivity index (χ1n) is 10.8. The Balaban J connectivity index is 1.82. The number of esters is 1. The van der Waals surface area contributed by atoms with Crippen LogP contribution in [0.2, 0.25) is 0 Å². The Hall–Kier alpha value is -2.95. The zero-order valence-corrected chi connectivity index (χ0v) is 20.0. The fourth-order valence-corrected chi connectivity index (χ4v) is 5.97. The highest BCUT2D eigenvalue weighted by Crippen LogP contribution is 2.26. The van der Waals surface area contributed by atoms with E-state index in [1.165, 1.54) is 0 Å². The van der Waals surface area contributed by atoms with Gasteiger partial charge in [0.2, 0.25) is 15.9 Å². The normalized spacial score (nSPS) is 20.3. The van der Waals surface area contributed by atoms with Crippen LogP contribution in [-0.4, -0.2) is 50.8 Å². The molecule has 1 amide bonds. The molecule has 33 heavy (non-hydrogen) atoms. The Bertz CT molecular complexity index is 1080. The molecule has 0 bridgehead atoms. The molecule has 1 heterocycles. The Morgan fingerprint density at radius 1 is 1.00 bits per heavy atom. The van der Waals surface area contributed by atoms with E-state index in [1.54, 1.807) is 57.2 Å². The van der Waals surface area contributed by atoms with Crippen LogP contribution in [0, 0.1) is 6.92 Å². The van der Waals surface area contributed by atoms with E-state index in [4.69, 9.17) is 4.74 Å². The van der Waals surface area contributed by atoms with Gasteiger partial charge in [-0.25, -0.2) is 13.2 Å². The summed E-state index contributed by atoms with van der Waals surface area (Å²) in [4.78, 5) is 24.7. The predicted octanol–water partition coefficient (Wildman–Crippen LogP) is 2.20. The van der Waals surface area contributed by atoms with Gasteiger partial charge in [0.15, 0.2) is 0 Å². The molecule has 0 radical (unpaired) electrons. The van der Waals surface area contributed by atoms with Crippen molar-refractivity contribution in [1.29, 1.82) is 0 Å². The maximum atomic E-state index is 13.6. The number of carbonyl (C=O) groups excluding carboxylic acids is 2. The topological polar surface area (TPSA) is 117 Å². The van der Waals surface area contributed by atoms with Gasteiger partial charge in [-0.3, -0.25) is 20.0 Å². The zero-order valence-electron chi connectivity index (χ0n) is 19.2. The largest absolute Gasteiger partial charge is 0.462 e. The summed E-state index contributed by atoms with van der Waals surface area (Å²) in [6.45, 7) is 7.09. The lowest BCUT2D eigenvalue weighted by molar-refractivity contribution is -0.114. The Morgan fingerprint density at radius 2 is 1.58 bits per heavy atom. The fraction of sp³-hybridized carbons (Fsp3) is 0.391. The van der Waals surface area contributed by atoms with Crippen LogP contribution >= 0.6 is 0 Å². The Labute approximate surface area is 194 Å². The summed E-state index contributed by atoms with van der Waals surface area (Å²) < 4.78 is 33.4. The van der Waals surface area contributed by atoms with Crippen LogP contribution in [-0.2, 0) is 19.6 Å². The second kappa shape index (κ2) is 10.3. The lowest BCUT2D eigenvalue weighted by Crippen LogP contribution is -2.49. The number of carbonyl (C=O) groups is 2. The van der Waals surface area contributed by atoms with E-state index < -0.39 is 27.1 Å². The van der Waals surface area contributed by atoms with E-state index in [0.717, 1.165) is 9.87 Å². The van der Waals surface area contributed by atoms with Gasteiger partial charge < -0.3 is 10.1 Å². The minimum atomic E-state index is -3.89. The average Bonchev–Trinajstić information content (AvgIpc) is 3.12. The fourth-order valence-electron chi connectivity index (χ4n) is 3.80. The van der Waals surface area contributed by atoms with E-state index in [-0.39, 0.29) is 25.2 Å². The van der Waals surface area contributed by atoms with Crippen molar-refractivity contribution in [2.75, 3.05) is 22.8 Å². The molecule has 0 spiro atoms. The number of anilines is 2. The van der Waals surface area contributed by atoms with E-state index in [9.17, 15) is 18.0 Å². The maximum Gasteiger partial charge on any atom is 0.338 e. The number of sulfonamides is 1. The number of benzene rings is 2. The number of nitrogens with one attached hydrogen (secondary N) is 3. The maximum absolute atomic E-state index is 13.6. The van der Waals surface area contributed by atoms with E-state index in [0.29, 0.717) is 16.9 Å². The van der Waals surface area contributed by atoms with Gasteiger partial charge in [0.05, 0.1) is 17.9 Å². The first-order chi connectivity index (χ1) is 15.6. The minimum Gasteiger partial charge on any atom is -0.462 e. The molecule has 178 valence electrons. The lowest BCUT2D eigenvalue weighted by atomic mass is 10.2. The van der Waals surface area contributed by atoms with Gasteiger partial charge in [0.1, 0.15) is 11.8 Å². The van der Waals surface area contributed by atoms with Gasteiger partial charge >= 0.3 is 5.97 Å². The number of hydrogen-bond acceptors (Lipinski definition) is 7. The molecule has 3 N–H and O–H groups in total. The van der Waals surface area contributed by atoms with Crippen LogP contribution in [0.4, 0.5) is 11.4 Å². The van der Waals surface area contributed by atoms with Crippen LogP contribution in [0.5, 0.6) is 0 Å². The summed E-state index contributed by atoms with van der Waals surface area (Å²) in [5.74, 6) is -0.948. The molecular weight excluding hydrogens is 444 g/mol. The number of aryl methyl sites for hydroxylation is 1. The Morgan fingerprint density at radius 3 is 2.12 bits per heavy atom. The molecule has 1 aliphatic rings. The second-order valence-corrected chi connectivity index (χ2v) is 10.1. The zero-order chi connectivity index (χ0) is 24.2. The van der Waals surface area contributed by atoms with Gasteiger partial charge in [-0.1, -0.05) is 17.7 Å². The van der Waals surface area contributed by atoms with E-state index in [2.05, 4.69) is 16.2 Å². The number of rotatable bonds is 8. The molecule has 10 heteroatoms. The molecule has 9 nitrogen and oxygen atoms in total. The molecule has 0 saturated carbocycles. The van der Waals surface area contributed by atoms with E-state index in [1.807, 2.05) is 19.1 Å². The summed E-state index contributed by atoms with van der Waals surface area (Å²) in [5.41, 5.74) is 8.13. The van der Waals surface area contributed by atoms with Crippen LogP contribution in [0.3, 0.4) is 0 Å². The van der Waals surface area contributed by atoms with Crippen molar-refractivity contribution in [3.8, 4) is 0 Å². The molecule has 2 aromatic rings. The second-order valence-electron chi connectivity index (χ2n) is 8.06. The molecule has 1 saturated heterocycles. The van der Waals surface area contributed by atoms with Crippen LogP contribution in [0.1, 0.15) is 36.7 Å². The van der Waals surface area contributed by atoms with Gasteiger partial charge in [0.25, 0.3) is 0 Å². The third-order valence-corrected chi connectivity index (χ3v) is 7.92. The minimum absolute atomic E-state index is 0.268. The highest BCUT2D eigenvalue weighted by Gasteiger charge is 2.44. The first-order valence-corrected chi connectivity index (χ1v) is 12.3. The molecule has 2 aromatic carbocycles. The van der Waals surface area contributed by atoms with Crippen molar-refractivity contribution in [1.82, 2.24) is 10.9 Å². The van der Waals surface area contributed by atoms with Gasteiger partial charge in [-0.2, -0.15) is 0 Å². The number of amides is 1. The third kappa shape index (κ3) is 5.70. The standard InChI is InChI=1S/C23H30N4O5S/c1-5-32-23(29)18-8-10-19(11-9-18)24-21(28)14-27(20-12-6-15(2)7-13-20)33(30,31)22-16(3)25-26-17(22)4/h6-13,16-17,22,25-26H,5,14H2,1-4H3,(H,24,28). The molecule has 2 atom stereocenters. The summed E-state index contributed by atoms with van der Waals surface area (Å²) in [6, 6.07) is 12.6. The predicted molar refractivity (Wildman–Crippen MR) is 127 cm³/mol. The third-order valence-electron chi connectivity index (χ3n) is 5.46. The molecule has 2 unspecified atom stereocenters. The molecule has 3 rings (SSSR count). The van der Waals surface area contributed by atoms with Crippen molar-refractivity contribution in [2.45, 2.75) is 45.0 Å². The van der Waals surface area contributed by atoms with Crippen molar-refractivity contribution < 1.29 is 22.7 Å². The summed E-state index contributed by atoms with van der Waals surface area (Å²) >= 11 is 0. The molecule has 1 aliphatic heterocycles. The summed E-state index contributed by atoms with van der Waals surface area (Å²) in [5, 5.41) is 1.95. The molecule has 1 fully saturated rings. The van der Waals surface area contributed by atoms with Gasteiger partial charge in [-0.05, 0) is 64.1 Å². The van der Waals surface area contributed by atoms with Crippen LogP contribution < -0.4 is 20.5 Å². The van der Waals surface area contributed by atoms with Crippen molar-refractivity contribution >= 4 is 33.3 Å². The number of ether oxygens (including phenoxy) is 1. The number of nitrogens with zero attached hydrogens (tertiary/aromatic N) is 1. The number of hydrogen-bond donors (Lipinski definition) is 3. The van der Waals surface area contributed by atoms with Gasteiger partial charge in [-0.15, -0.1) is 0 Å². The highest BCUT2D eigenvalue weighted by atomic mass is 32.2. The van der Waals surface area contributed by atoms with Crippen molar-refractivity contribution in [3.63, 3.8) is 0 Å². The quantitative estimate of drug-likeness (QED) is 0.502. The summed E-state index contributed by atoms with van der Waals surface area (Å²) in [7, 11) is -3.89. The summed E-state index contributed by atoms with van der Waals surface area (Å²) in [6.07, 6.45) is 0. The SMILES string of the molecule is CCOC(=O)c1ccc(NC(=O)CN(c2ccc(C)cc2)S(=O)(=O)C2C(C)NNC2C)cc1. The highest BCUT2D eigenvalue weighted by molar-refractivity contribution is 7.93. The first kappa shape index (κ1) is 24.7. The van der Waals surface area contributed by atoms with Crippen LogP contribution in [0.25, 0.3) is 0 Å². The molecule has 0 aliphatic carbocycles. The monoisotopic (exact) mass is 474 g/mol. The van der Waals surface area contributed by atoms with Crippen molar-refractivity contribution in [3.05, 3.63) is 59.7 Å². The molecule has 0 aromatic heterocycles. The number of hydrazine groups is 1. The van der Waals surface area contributed by atoms with Gasteiger partial charge in [0, 0.05) is 17.8 Å². The molecular formula is C23H30N4O5S. The smallest absolute Gasteiger partial charge is 0.338 e. The average molecular weight is 475 g/mol. The van der Waals surface area contributed by atoms with E-state index >= 15 is 0 Å². The van der Waals surface area contributed by atoms with Crippen molar-refractivity contribution in [2.24, 2.45) is 0 Å². The lowest BCUT2D eigenvalue weighted by Gasteiger charge is -2.30. The van der Waals surface area contributed by atoms with Crippen LogP contribution in [0.15, 0.2) is 48.5 Å². The Kier molecular flexibility index (Phi) is 7.72.